The molecule has 0 radical (unpaired) electrons. The zero-order valence-electron chi connectivity index (χ0n) is 17.1. The summed E-state index contributed by atoms with van der Waals surface area (Å²) in [5.74, 6) is -0.830. The van der Waals surface area contributed by atoms with Gasteiger partial charge in [-0.15, -0.1) is 11.3 Å². The van der Waals surface area contributed by atoms with Gasteiger partial charge in [-0.05, 0) is 37.5 Å². The molecule has 31 heavy (non-hydrogen) atoms. The molecular weight excluding hydrogens is 424 g/mol. The fourth-order valence-electron chi connectivity index (χ4n) is 3.56. The number of alkyl halides is 1. The van der Waals surface area contributed by atoms with E-state index in [0.29, 0.717) is 34.8 Å². The van der Waals surface area contributed by atoms with Gasteiger partial charge in [-0.25, -0.2) is 13.8 Å². The first kappa shape index (κ1) is 21.5. The first-order valence-corrected chi connectivity index (χ1v) is 10.8. The van der Waals surface area contributed by atoms with E-state index in [0.717, 1.165) is 5.56 Å². The molecule has 1 fully saturated rings. The summed E-state index contributed by atoms with van der Waals surface area (Å²) in [7, 11) is 1.73. The first-order chi connectivity index (χ1) is 14.8. The Hall–Kier alpha value is -2.69. The highest BCUT2D eigenvalue weighted by Gasteiger charge is 2.30. The zero-order chi connectivity index (χ0) is 22.1. The third-order valence-corrected chi connectivity index (χ3v) is 6.19. The van der Waals surface area contributed by atoms with Crippen molar-refractivity contribution in [3.05, 3.63) is 52.5 Å². The average molecular weight is 448 g/mol. The second-order valence-electron chi connectivity index (χ2n) is 7.62. The predicted octanol–water partition coefficient (Wildman–Crippen LogP) is 3.76. The molecule has 3 aromatic rings. The highest BCUT2D eigenvalue weighted by molar-refractivity contribution is 7.13. The maximum atomic E-state index is 14.2. The molecule has 3 N–H and O–H groups in total. The Morgan fingerprint density at radius 3 is 2.97 bits per heavy atom. The van der Waals surface area contributed by atoms with Crippen molar-refractivity contribution >= 4 is 22.9 Å². The van der Waals surface area contributed by atoms with E-state index in [1.165, 1.54) is 23.6 Å². The number of ether oxygens (including phenoxy) is 1. The van der Waals surface area contributed by atoms with Gasteiger partial charge in [0.2, 0.25) is 0 Å². The summed E-state index contributed by atoms with van der Waals surface area (Å²) in [4.78, 5) is 17.1. The minimum Gasteiger partial charge on any atom is -0.369 e. The van der Waals surface area contributed by atoms with Crippen molar-refractivity contribution in [3.63, 3.8) is 0 Å². The Balaban J connectivity index is 1.53. The number of hydrogen-bond acceptors (Lipinski definition) is 6. The van der Waals surface area contributed by atoms with Crippen LogP contribution in [-0.2, 0) is 11.8 Å². The minimum absolute atomic E-state index is 0.109. The standard InChI is InChI=1S/C21H23F2N5O2S/c1-11-3-4-12(13(22)7-11)21-27-17(10-31-21)20(29)26-16-8-25-28(2)19(16)18-6-5-15(24)14(23)9-30-18/h3-4,7-8,10,14-15,18H,5-6,9,24H2,1-2H3,(H,26,29). The van der Waals surface area contributed by atoms with Crippen molar-refractivity contribution in [1.82, 2.24) is 14.8 Å². The number of rotatable bonds is 4. The van der Waals surface area contributed by atoms with E-state index in [1.807, 2.05) is 0 Å². The molecule has 1 aromatic carbocycles. The lowest BCUT2D eigenvalue weighted by molar-refractivity contribution is 0.0247. The molecule has 1 amide bonds. The second-order valence-corrected chi connectivity index (χ2v) is 8.48. The van der Waals surface area contributed by atoms with Gasteiger partial charge >= 0.3 is 0 Å². The third kappa shape index (κ3) is 4.51. The summed E-state index contributed by atoms with van der Waals surface area (Å²) in [6.45, 7) is 1.69. The number of nitrogens with zero attached hydrogens (tertiary/aromatic N) is 3. The highest BCUT2D eigenvalue weighted by atomic mass is 32.1. The average Bonchev–Trinajstić information content (AvgIpc) is 3.31. The Labute approximate surface area is 182 Å². The number of nitrogens with two attached hydrogens (primary N) is 1. The molecule has 3 unspecified atom stereocenters. The van der Waals surface area contributed by atoms with Crippen LogP contribution in [0.4, 0.5) is 14.5 Å². The molecule has 0 spiro atoms. The zero-order valence-corrected chi connectivity index (χ0v) is 18.0. The number of halogens is 2. The molecule has 2 aromatic heterocycles. The second kappa shape index (κ2) is 8.81. The predicted molar refractivity (Wildman–Crippen MR) is 114 cm³/mol. The number of carbonyl (C=O) groups excluding carboxylic acids is 1. The van der Waals surface area contributed by atoms with Crippen molar-refractivity contribution in [3.8, 4) is 10.6 Å². The molecule has 3 atom stereocenters. The summed E-state index contributed by atoms with van der Waals surface area (Å²) in [6.07, 6.45) is 0.815. The van der Waals surface area contributed by atoms with Crippen LogP contribution in [0.25, 0.3) is 10.6 Å². The van der Waals surface area contributed by atoms with E-state index >= 15 is 0 Å². The van der Waals surface area contributed by atoms with E-state index in [4.69, 9.17) is 10.5 Å². The highest BCUT2D eigenvalue weighted by Crippen LogP contribution is 2.33. The number of benzene rings is 1. The number of hydrogen-bond donors (Lipinski definition) is 2. The molecule has 0 aliphatic carbocycles. The van der Waals surface area contributed by atoms with Gasteiger partial charge in [0.1, 0.15) is 28.8 Å². The molecule has 7 nitrogen and oxygen atoms in total. The number of aryl methyl sites for hydroxylation is 2. The van der Waals surface area contributed by atoms with E-state index in [2.05, 4.69) is 15.4 Å². The van der Waals surface area contributed by atoms with E-state index in [1.54, 1.807) is 36.2 Å². The normalized spacial score (nSPS) is 21.6. The van der Waals surface area contributed by atoms with Crippen LogP contribution >= 0.6 is 11.3 Å². The lowest BCUT2D eigenvalue weighted by Gasteiger charge is -2.17. The molecule has 1 aliphatic heterocycles. The number of amides is 1. The number of thiazole rings is 1. The summed E-state index contributed by atoms with van der Waals surface area (Å²) in [5, 5.41) is 9.01. The van der Waals surface area contributed by atoms with Gasteiger partial charge in [0.25, 0.3) is 5.91 Å². The van der Waals surface area contributed by atoms with Crippen molar-refractivity contribution in [2.45, 2.75) is 38.1 Å². The monoisotopic (exact) mass is 447 g/mol. The Morgan fingerprint density at radius 1 is 1.39 bits per heavy atom. The first-order valence-electron chi connectivity index (χ1n) is 9.90. The van der Waals surface area contributed by atoms with Gasteiger partial charge in [-0.1, -0.05) is 6.07 Å². The third-order valence-electron chi connectivity index (χ3n) is 5.31. The fraction of sp³-hybridized carbons (Fsp3) is 0.381. The molecule has 10 heteroatoms. The fourth-order valence-corrected chi connectivity index (χ4v) is 4.39. The minimum atomic E-state index is -1.23. The number of nitrogens with one attached hydrogen (secondary N) is 1. The number of aromatic nitrogens is 3. The van der Waals surface area contributed by atoms with Gasteiger partial charge in [-0.2, -0.15) is 5.10 Å². The van der Waals surface area contributed by atoms with Crippen molar-refractivity contribution in [2.24, 2.45) is 12.8 Å². The molecular formula is C21H23F2N5O2S. The Bertz CT molecular complexity index is 1090. The van der Waals surface area contributed by atoms with E-state index in [9.17, 15) is 13.6 Å². The largest absolute Gasteiger partial charge is 0.369 e. The smallest absolute Gasteiger partial charge is 0.275 e. The maximum absolute atomic E-state index is 14.2. The Kier molecular flexibility index (Phi) is 6.12. The summed E-state index contributed by atoms with van der Waals surface area (Å²) in [6, 6.07) is 4.30. The summed E-state index contributed by atoms with van der Waals surface area (Å²) in [5.41, 5.74) is 8.23. The van der Waals surface area contributed by atoms with Crippen LogP contribution in [0.5, 0.6) is 0 Å². The van der Waals surface area contributed by atoms with Crippen LogP contribution in [-0.4, -0.2) is 39.5 Å². The Morgan fingerprint density at radius 2 is 2.19 bits per heavy atom. The van der Waals surface area contributed by atoms with Gasteiger partial charge < -0.3 is 15.8 Å². The lowest BCUT2D eigenvalue weighted by Crippen LogP contribution is -2.32. The van der Waals surface area contributed by atoms with Crippen LogP contribution in [0, 0.1) is 12.7 Å². The van der Waals surface area contributed by atoms with Crippen molar-refractivity contribution in [1.29, 1.82) is 0 Å². The van der Waals surface area contributed by atoms with Crippen molar-refractivity contribution in [2.75, 3.05) is 11.9 Å². The van der Waals surface area contributed by atoms with Gasteiger partial charge in [-0.3, -0.25) is 9.48 Å². The van der Waals surface area contributed by atoms with Crippen LogP contribution < -0.4 is 11.1 Å². The molecule has 4 rings (SSSR count). The van der Waals surface area contributed by atoms with Crippen molar-refractivity contribution < 1.29 is 18.3 Å². The van der Waals surface area contributed by atoms with Gasteiger partial charge in [0.05, 0.1) is 24.2 Å². The lowest BCUT2D eigenvalue weighted by atomic mass is 10.0. The van der Waals surface area contributed by atoms with E-state index < -0.39 is 24.2 Å². The summed E-state index contributed by atoms with van der Waals surface area (Å²) >= 11 is 1.19. The van der Waals surface area contributed by atoms with E-state index in [-0.39, 0.29) is 18.1 Å². The van der Waals surface area contributed by atoms with Gasteiger partial charge in [0, 0.05) is 24.0 Å². The topological polar surface area (TPSA) is 95.1 Å². The molecule has 0 saturated carbocycles. The molecule has 1 aliphatic rings. The summed E-state index contributed by atoms with van der Waals surface area (Å²) < 4.78 is 35.4. The quantitative estimate of drug-likeness (QED) is 0.635. The number of carbonyl (C=O) groups is 1. The molecule has 164 valence electrons. The molecule has 1 saturated heterocycles. The van der Waals surface area contributed by atoms with Crippen LogP contribution in [0.1, 0.15) is 40.7 Å². The van der Waals surface area contributed by atoms with Crippen LogP contribution in [0.15, 0.2) is 29.8 Å². The molecule has 3 heterocycles. The van der Waals surface area contributed by atoms with Crippen LogP contribution in [0.2, 0.25) is 0 Å². The molecule has 0 bridgehead atoms. The van der Waals surface area contributed by atoms with Gasteiger partial charge in [0.15, 0.2) is 0 Å². The maximum Gasteiger partial charge on any atom is 0.275 e. The SMILES string of the molecule is Cc1ccc(-c2nc(C(=O)Nc3cnn(C)c3C3CCC(N)C(F)CO3)cs2)c(F)c1. The number of anilines is 1. The van der Waals surface area contributed by atoms with Crippen LogP contribution in [0.3, 0.4) is 0 Å².